The van der Waals surface area contributed by atoms with Gasteiger partial charge >= 0.3 is 0 Å². The molecule has 2 N–H and O–H groups in total. The van der Waals surface area contributed by atoms with E-state index in [1.807, 2.05) is 0 Å². The van der Waals surface area contributed by atoms with Gasteiger partial charge in [-0.2, -0.15) is 0 Å². The van der Waals surface area contributed by atoms with E-state index >= 15 is 0 Å². The molecule has 0 aliphatic carbocycles. The van der Waals surface area contributed by atoms with Gasteiger partial charge in [0.15, 0.2) is 0 Å². The van der Waals surface area contributed by atoms with Crippen LogP contribution in [-0.4, -0.2) is 30.1 Å². The van der Waals surface area contributed by atoms with Gasteiger partial charge < -0.3 is 15.2 Å². The summed E-state index contributed by atoms with van der Waals surface area (Å²) in [5, 5.41) is 11.9. The monoisotopic (exact) mass is 131 g/mol. The van der Waals surface area contributed by atoms with Crippen LogP contribution in [0.1, 0.15) is 13.8 Å². The summed E-state index contributed by atoms with van der Waals surface area (Å²) in [6, 6.07) is -0.475. The molecule has 0 spiro atoms. The van der Waals surface area contributed by atoms with E-state index in [4.69, 9.17) is 0 Å². The van der Waals surface area contributed by atoms with E-state index in [2.05, 4.69) is 5.32 Å². The number of hydrogen-bond donors (Lipinski definition) is 2. The lowest BCUT2D eigenvalue weighted by Gasteiger charge is -2.23. The van der Waals surface area contributed by atoms with E-state index < -0.39 is 11.6 Å². The normalized spacial score (nSPS) is 15.1. The van der Waals surface area contributed by atoms with E-state index in [9.17, 15) is 9.90 Å². The second-order valence-corrected chi connectivity index (χ2v) is 2.56. The summed E-state index contributed by atoms with van der Waals surface area (Å²) in [5.74, 6) is 0. The quantitative estimate of drug-likeness (QED) is 0.510. The Kier molecular flexibility index (Phi) is 2.81. The third kappa shape index (κ3) is 2.58. The number of carbonyl (C=O) groups excluding carboxylic acids is 1. The first-order chi connectivity index (χ1) is 4.02. The summed E-state index contributed by atoms with van der Waals surface area (Å²) in [6.45, 7) is 3.17. The van der Waals surface area contributed by atoms with Crippen molar-refractivity contribution in [3.63, 3.8) is 0 Å². The maximum absolute atomic E-state index is 10.2. The van der Waals surface area contributed by atoms with E-state index in [1.165, 1.54) is 0 Å². The Hall–Kier alpha value is -0.410. The molecule has 0 amide bonds. The van der Waals surface area contributed by atoms with Crippen molar-refractivity contribution >= 4 is 6.29 Å². The average molecular weight is 131 g/mol. The molecule has 0 aliphatic heterocycles. The van der Waals surface area contributed by atoms with Crippen molar-refractivity contribution in [1.29, 1.82) is 0 Å². The molecule has 0 radical (unpaired) electrons. The number of aliphatic hydroxyl groups is 1. The Bertz CT molecular complexity index is 95.7. The topological polar surface area (TPSA) is 49.3 Å². The highest BCUT2D eigenvalue weighted by Gasteiger charge is 2.23. The zero-order valence-electron chi connectivity index (χ0n) is 6.01. The first-order valence-corrected chi connectivity index (χ1v) is 2.87. The van der Waals surface area contributed by atoms with Crippen LogP contribution in [0.15, 0.2) is 0 Å². The van der Waals surface area contributed by atoms with Crippen LogP contribution in [0.2, 0.25) is 0 Å². The van der Waals surface area contributed by atoms with Crippen LogP contribution >= 0.6 is 0 Å². The van der Waals surface area contributed by atoms with Crippen molar-refractivity contribution in [1.82, 2.24) is 5.32 Å². The average Bonchev–Trinajstić information content (AvgIpc) is 1.65. The molecule has 0 rings (SSSR count). The van der Waals surface area contributed by atoms with Crippen molar-refractivity contribution in [2.45, 2.75) is 25.5 Å². The van der Waals surface area contributed by atoms with Gasteiger partial charge in [-0.3, -0.25) is 0 Å². The summed E-state index contributed by atoms with van der Waals surface area (Å²) >= 11 is 0. The number of likely N-dealkylation sites (N-methyl/N-ethyl adjacent to an activating group) is 1. The zero-order valence-corrected chi connectivity index (χ0v) is 6.01. The van der Waals surface area contributed by atoms with Gasteiger partial charge in [0, 0.05) is 0 Å². The van der Waals surface area contributed by atoms with Crippen LogP contribution in [-0.2, 0) is 4.79 Å². The molecule has 0 saturated heterocycles. The molecule has 0 fully saturated rings. The zero-order chi connectivity index (χ0) is 7.49. The number of nitrogens with one attached hydrogen (secondary N) is 1. The standard InChI is InChI=1S/C6H13NO2/c1-6(2,9)5(4-8)7-3/h4-5,7,9H,1-3H3/t5-/m1/s1. The highest BCUT2D eigenvalue weighted by Crippen LogP contribution is 2.04. The van der Waals surface area contributed by atoms with Crippen LogP contribution in [0.4, 0.5) is 0 Å². The minimum atomic E-state index is -0.962. The number of aldehydes is 1. The van der Waals surface area contributed by atoms with Crippen molar-refractivity contribution < 1.29 is 9.90 Å². The van der Waals surface area contributed by atoms with Crippen LogP contribution in [0.25, 0.3) is 0 Å². The maximum atomic E-state index is 10.2. The van der Waals surface area contributed by atoms with Gasteiger partial charge in [-0.15, -0.1) is 0 Å². The van der Waals surface area contributed by atoms with Crippen molar-refractivity contribution in [2.75, 3.05) is 7.05 Å². The second-order valence-electron chi connectivity index (χ2n) is 2.56. The lowest BCUT2D eigenvalue weighted by Crippen LogP contribution is -2.46. The fourth-order valence-corrected chi connectivity index (χ4v) is 0.588. The third-order valence-electron chi connectivity index (χ3n) is 1.21. The Morgan fingerprint density at radius 3 is 2.11 bits per heavy atom. The summed E-state index contributed by atoms with van der Waals surface area (Å²) in [7, 11) is 1.64. The second kappa shape index (κ2) is 2.94. The molecule has 0 unspecified atom stereocenters. The van der Waals surface area contributed by atoms with Gasteiger partial charge in [0.2, 0.25) is 0 Å². The number of hydrogen-bond acceptors (Lipinski definition) is 3. The minimum absolute atomic E-state index is 0.475. The van der Waals surface area contributed by atoms with Crippen LogP contribution < -0.4 is 5.32 Å². The maximum Gasteiger partial charge on any atom is 0.139 e. The Morgan fingerprint density at radius 1 is 1.67 bits per heavy atom. The van der Waals surface area contributed by atoms with E-state index in [0.717, 1.165) is 0 Å². The predicted octanol–water partition coefficient (Wildman–Crippen LogP) is -0.456. The van der Waals surface area contributed by atoms with Gasteiger partial charge in [-0.1, -0.05) is 0 Å². The SMILES string of the molecule is CN[C@H](C=O)C(C)(C)O. The molecule has 0 aliphatic rings. The molecule has 9 heavy (non-hydrogen) atoms. The first-order valence-electron chi connectivity index (χ1n) is 2.87. The molecule has 0 bridgehead atoms. The highest BCUT2D eigenvalue weighted by molar-refractivity contribution is 5.59. The first kappa shape index (κ1) is 8.59. The third-order valence-corrected chi connectivity index (χ3v) is 1.21. The minimum Gasteiger partial charge on any atom is -0.388 e. The fraction of sp³-hybridized carbons (Fsp3) is 0.833. The lowest BCUT2D eigenvalue weighted by molar-refractivity contribution is -0.114. The van der Waals surface area contributed by atoms with Crippen molar-refractivity contribution in [2.24, 2.45) is 0 Å². The fourth-order valence-electron chi connectivity index (χ4n) is 0.588. The van der Waals surface area contributed by atoms with Crippen LogP contribution in [0.5, 0.6) is 0 Å². The predicted molar refractivity (Wildman–Crippen MR) is 35.2 cm³/mol. The molecule has 0 aromatic rings. The van der Waals surface area contributed by atoms with Gasteiger partial charge in [0.25, 0.3) is 0 Å². The van der Waals surface area contributed by atoms with Gasteiger partial charge in [-0.05, 0) is 20.9 Å². The largest absolute Gasteiger partial charge is 0.388 e. The smallest absolute Gasteiger partial charge is 0.139 e. The molecular formula is C6H13NO2. The van der Waals surface area contributed by atoms with Gasteiger partial charge in [0.05, 0.1) is 11.6 Å². The molecule has 3 heteroatoms. The summed E-state index contributed by atoms with van der Waals surface area (Å²) in [5.41, 5.74) is -0.962. The van der Waals surface area contributed by atoms with Crippen molar-refractivity contribution in [3.8, 4) is 0 Å². The molecule has 0 aromatic carbocycles. The van der Waals surface area contributed by atoms with Crippen LogP contribution in [0.3, 0.4) is 0 Å². The number of rotatable bonds is 3. The highest BCUT2D eigenvalue weighted by atomic mass is 16.3. The molecule has 1 atom stereocenters. The number of carbonyl (C=O) groups is 1. The molecule has 54 valence electrons. The lowest BCUT2D eigenvalue weighted by atomic mass is 10.0. The Morgan fingerprint density at radius 2 is 2.11 bits per heavy atom. The summed E-state index contributed by atoms with van der Waals surface area (Å²) in [4.78, 5) is 10.2. The van der Waals surface area contributed by atoms with Crippen LogP contribution in [0, 0.1) is 0 Å². The molecule has 0 saturated carbocycles. The molecular weight excluding hydrogens is 118 g/mol. The molecule has 0 aromatic heterocycles. The van der Waals surface area contributed by atoms with E-state index in [-0.39, 0.29) is 0 Å². The van der Waals surface area contributed by atoms with Gasteiger partial charge in [0.1, 0.15) is 6.29 Å². The summed E-state index contributed by atoms with van der Waals surface area (Å²) in [6.07, 6.45) is 0.694. The van der Waals surface area contributed by atoms with Crippen molar-refractivity contribution in [3.05, 3.63) is 0 Å². The Balaban J connectivity index is 3.94. The van der Waals surface area contributed by atoms with E-state index in [0.29, 0.717) is 6.29 Å². The van der Waals surface area contributed by atoms with Gasteiger partial charge in [-0.25, -0.2) is 0 Å². The van der Waals surface area contributed by atoms with E-state index in [1.54, 1.807) is 20.9 Å². The summed E-state index contributed by atoms with van der Waals surface area (Å²) < 4.78 is 0. The molecule has 0 heterocycles. The molecule has 3 nitrogen and oxygen atoms in total. The Labute approximate surface area is 55.1 Å².